The normalized spacial score (nSPS) is 10.7. The van der Waals surface area contributed by atoms with Crippen LogP contribution < -0.4 is 5.32 Å². The number of anilines is 1. The number of aromatic amines is 1. The molecule has 0 bridgehead atoms. The highest BCUT2D eigenvalue weighted by molar-refractivity contribution is 7.99. The fraction of sp³-hybridized carbons (Fsp3) is 0.118. The maximum atomic E-state index is 13.7. The average molecular weight is 360 g/mol. The summed E-state index contributed by atoms with van der Waals surface area (Å²) in [6, 6.07) is 10.4. The van der Waals surface area contributed by atoms with E-state index >= 15 is 0 Å². The van der Waals surface area contributed by atoms with Crippen LogP contribution in [0.15, 0.2) is 47.6 Å². The molecule has 128 valence electrons. The molecular weight excluding hydrogens is 346 g/mol. The van der Waals surface area contributed by atoms with Gasteiger partial charge in [-0.2, -0.15) is 0 Å². The lowest BCUT2D eigenvalue weighted by Gasteiger charge is -2.06. The van der Waals surface area contributed by atoms with Crippen molar-refractivity contribution in [1.29, 1.82) is 0 Å². The summed E-state index contributed by atoms with van der Waals surface area (Å²) >= 11 is 1.11. The number of thioether (sulfide) groups is 1. The Kier molecular flexibility index (Phi) is 5.08. The van der Waals surface area contributed by atoms with E-state index in [1.807, 2.05) is 0 Å². The number of hydrogen-bond donors (Lipinski definition) is 2. The lowest BCUT2D eigenvalue weighted by atomic mass is 10.2. The Balaban J connectivity index is 1.58. The molecule has 0 radical (unpaired) electrons. The number of halogens is 2. The predicted molar refractivity (Wildman–Crippen MR) is 92.3 cm³/mol. The molecule has 1 heterocycles. The molecule has 0 fully saturated rings. The highest BCUT2D eigenvalue weighted by Crippen LogP contribution is 2.20. The van der Waals surface area contributed by atoms with Gasteiger partial charge in [0.2, 0.25) is 11.1 Å². The number of amides is 1. The van der Waals surface area contributed by atoms with Gasteiger partial charge in [-0.05, 0) is 48.9 Å². The molecule has 25 heavy (non-hydrogen) atoms. The quantitative estimate of drug-likeness (QED) is 0.679. The van der Waals surface area contributed by atoms with E-state index in [9.17, 15) is 13.6 Å². The second kappa shape index (κ2) is 7.43. The first-order chi connectivity index (χ1) is 12.0. The van der Waals surface area contributed by atoms with Gasteiger partial charge in [-0.3, -0.25) is 9.89 Å². The number of aryl methyl sites for hydroxylation is 1. The van der Waals surface area contributed by atoms with Gasteiger partial charge in [0.05, 0.1) is 11.4 Å². The summed E-state index contributed by atoms with van der Waals surface area (Å²) in [5, 5.41) is 9.62. The standard InChI is InChI=1S/C17H14F2N4OS/c1-10-2-7-14(13(19)8-10)20-15(24)9-25-17-21-16(22-23-17)11-3-5-12(18)6-4-11/h2-8H,9H2,1H3,(H,20,24)(H,21,22,23). The van der Waals surface area contributed by atoms with Crippen LogP contribution in [0.25, 0.3) is 11.4 Å². The van der Waals surface area contributed by atoms with Crippen molar-refractivity contribution in [3.05, 3.63) is 59.7 Å². The fourth-order valence-corrected chi connectivity index (χ4v) is 2.68. The highest BCUT2D eigenvalue weighted by Gasteiger charge is 2.11. The Bertz CT molecular complexity index is 896. The number of carbonyl (C=O) groups excluding carboxylic acids is 1. The molecule has 0 saturated carbocycles. The molecule has 8 heteroatoms. The molecule has 3 aromatic rings. The molecule has 3 rings (SSSR count). The van der Waals surface area contributed by atoms with Crippen LogP contribution in [0.2, 0.25) is 0 Å². The fourth-order valence-electron chi connectivity index (χ4n) is 2.09. The summed E-state index contributed by atoms with van der Waals surface area (Å²) in [5.74, 6) is -0.658. The molecule has 1 aromatic heterocycles. The first-order valence-corrected chi connectivity index (χ1v) is 8.37. The zero-order valence-electron chi connectivity index (χ0n) is 13.2. The summed E-state index contributed by atoms with van der Waals surface area (Å²) < 4.78 is 26.6. The molecule has 0 aliphatic heterocycles. The number of carbonyl (C=O) groups is 1. The van der Waals surface area contributed by atoms with Crippen LogP contribution in [0, 0.1) is 18.6 Å². The van der Waals surface area contributed by atoms with Crippen LogP contribution in [0.5, 0.6) is 0 Å². The summed E-state index contributed by atoms with van der Waals surface area (Å²) in [5.41, 5.74) is 1.60. The molecule has 5 nitrogen and oxygen atoms in total. The van der Waals surface area contributed by atoms with Crippen molar-refractivity contribution in [2.75, 3.05) is 11.1 Å². The zero-order chi connectivity index (χ0) is 17.8. The molecule has 0 saturated heterocycles. The third-order valence-corrected chi connectivity index (χ3v) is 4.16. The molecule has 0 spiro atoms. The highest BCUT2D eigenvalue weighted by atomic mass is 32.2. The van der Waals surface area contributed by atoms with E-state index in [1.165, 1.54) is 24.3 Å². The van der Waals surface area contributed by atoms with Gasteiger partial charge < -0.3 is 5.32 Å². The molecule has 0 aliphatic rings. The van der Waals surface area contributed by atoms with Crippen LogP contribution in [0.3, 0.4) is 0 Å². The average Bonchev–Trinajstić information content (AvgIpc) is 3.05. The van der Waals surface area contributed by atoms with Crippen LogP contribution >= 0.6 is 11.8 Å². The first-order valence-electron chi connectivity index (χ1n) is 7.38. The second-order valence-electron chi connectivity index (χ2n) is 5.29. The molecule has 2 aromatic carbocycles. The van der Waals surface area contributed by atoms with Gasteiger partial charge in [0.1, 0.15) is 11.6 Å². The summed E-state index contributed by atoms with van der Waals surface area (Å²) in [6.45, 7) is 1.77. The van der Waals surface area contributed by atoms with Gasteiger partial charge >= 0.3 is 0 Å². The van der Waals surface area contributed by atoms with E-state index in [1.54, 1.807) is 25.1 Å². The Labute approximate surface area is 146 Å². The smallest absolute Gasteiger partial charge is 0.234 e. The van der Waals surface area contributed by atoms with Gasteiger partial charge in [0.15, 0.2) is 5.82 Å². The van der Waals surface area contributed by atoms with E-state index in [-0.39, 0.29) is 23.2 Å². The van der Waals surface area contributed by atoms with Gasteiger partial charge in [0.25, 0.3) is 0 Å². The molecular formula is C17H14F2N4OS. The molecule has 0 unspecified atom stereocenters. The summed E-state index contributed by atoms with van der Waals surface area (Å²) in [7, 11) is 0. The minimum atomic E-state index is -0.477. The minimum absolute atomic E-state index is 0.0357. The van der Waals surface area contributed by atoms with Crippen molar-refractivity contribution in [2.45, 2.75) is 12.1 Å². The van der Waals surface area contributed by atoms with Crippen molar-refractivity contribution in [3.8, 4) is 11.4 Å². The first kappa shape index (κ1) is 17.1. The van der Waals surface area contributed by atoms with Gasteiger partial charge in [-0.25, -0.2) is 13.8 Å². The predicted octanol–water partition coefficient (Wildman–Crippen LogP) is 3.79. The molecule has 2 N–H and O–H groups in total. The maximum Gasteiger partial charge on any atom is 0.234 e. The van der Waals surface area contributed by atoms with E-state index in [0.29, 0.717) is 16.5 Å². The van der Waals surface area contributed by atoms with Gasteiger partial charge in [-0.15, -0.1) is 5.10 Å². The Morgan fingerprint density at radius 1 is 1.20 bits per heavy atom. The number of rotatable bonds is 5. The molecule has 0 atom stereocenters. The zero-order valence-corrected chi connectivity index (χ0v) is 14.0. The topological polar surface area (TPSA) is 70.7 Å². The summed E-state index contributed by atoms with van der Waals surface area (Å²) in [6.07, 6.45) is 0. The maximum absolute atomic E-state index is 13.7. The largest absolute Gasteiger partial charge is 0.323 e. The minimum Gasteiger partial charge on any atom is -0.323 e. The Hall–Kier alpha value is -2.74. The third kappa shape index (κ3) is 4.42. The van der Waals surface area contributed by atoms with Crippen molar-refractivity contribution in [2.24, 2.45) is 0 Å². The Morgan fingerprint density at radius 2 is 1.96 bits per heavy atom. The number of H-pyrrole nitrogens is 1. The van der Waals surface area contributed by atoms with Gasteiger partial charge in [-0.1, -0.05) is 17.8 Å². The third-order valence-electron chi connectivity index (χ3n) is 3.31. The van der Waals surface area contributed by atoms with Crippen LogP contribution in [-0.2, 0) is 4.79 Å². The van der Waals surface area contributed by atoms with E-state index in [2.05, 4.69) is 20.5 Å². The lowest BCUT2D eigenvalue weighted by Crippen LogP contribution is -2.15. The van der Waals surface area contributed by atoms with Crippen molar-refractivity contribution >= 4 is 23.4 Å². The Morgan fingerprint density at radius 3 is 2.68 bits per heavy atom. The van der Waals surface area contributed by atoms with Crippen LogP contribution in [0.1, 0.15) is 5.56 Å². The van der Waals surface area contributed by atoms with Crippen LogP contribution in [-0.4, -0.2) is 26.8 Å². The number of hydrogen-bond acceptors (Lipinski definition) is 4. The SMILES string of the molecule is Cc1ccc(NC(=O)CSc2n[nH]c(-c3ccc(F)cc3)n2)c(F)c1. The molecule has 0 aliphatic carbocycles. The number of nitrogens with one attached hydrogen (secondary N) is 2. The summed E-state index contributed by atoms with van der Waals surface area (Å²) in [4.78, 5) is 16.2. The van der Waals surface area contributed by atoms with Crippen molar-refractivity contribution < 1.29 is 13.6 Å². The monoisotopic (exact) mass is 360 g/mol. The van der Waals surface area contributed by atoms with Gasteiger partial charge in [0, 0.05) is 5.56 Å². The number of aromatic nitrogens is 3. The van der Waals surface area contributed by atoms with E-state index < -0.39 is 5.82 Å². The number of nitrogens with zero attached hydrogens (tertiary/aromatic N) is 2. The number of benzene rings is 2. The van der Waals surface area contributed by atoms with E-state index in [4.69, 9.17) is 0 Å². The second-order valence-corrected chi connectivity index (χ2v) is 6.24. The lowest BCUT2D eigenvalue weighted by molar-refractivity contribution is -0.113. The molecule has 1 amide bonds. The van der Waals surface area contributed by atoms with Crippen molar-refractivity contribution in [3.63, 3.8) is 0 Å². The van der Waals surface area contributed by atoms with Crippen molar-refractivity contribution in [1.82, 2.24) is 15.2 Å². The van der Waals surface area contributed by atoms with Crippen LogP contribution in [0.4, 0.5) is 14.5 Å². The van der Waals surface area contributed by atoms with E-state index in [0.717, 1.165) is 17.3 Å².